The van der Waals surface area contributed by atoms with E-state index in [0.29, 0.717) is 5.75 Å². The zero-order valence-corrected chi connectivity index (χ0v) is 14.0. The Balaban J connectivity index is 2.05. The van der Waals surface area contributed by atoms with E-state index in [4.69, 9.17) is 4.74 Å². The van der Waals surface area contributed by atoms with Gasteiger partial charge in [-0.1, -0.05) is 28.1 Å². The van der Waals surface area contributed by atoms with Crippen molar-refractivity contribution in [1.29, 1.82) is 0 Å². The fourth-order valence-electron chi connectivity index (χ4n) is 1.79. The molecule has 24 heavy (non-hydrogen) atoms. The van der Waals surface area contributed by atoms with E-state index >= 15 is 0 Å². The summed E-state index contributed by atoms with van der Waals surface area (Å²) >= 11 is 3.28. The largest absolute Gasteiger partial charge is 0.573 e. The minimum atomic E-state index is -4.85. The highest BCUT2D eigenvalue weighted by Gasteiger charge is 2.32. The summed E-state index contributed by atoms with van der Waals surface area (Å²) in [7, 11) is 0. The molecule has 1 atom stereocenters. The molecule has 8 heteroatoms. The fraction of sp³-hybridized carbons (Fsp3) is 0.188. The molecule has 0 aliphatic carbocycles. The van der Waals surface area contributed by atoms with Crippen LogP contribution in [0.4, 0.5) is 18.9 Å². The van der Waals surface area contributed by atoms with Gasteiger partial charge < -0.3 is 14.8 Å². The molecule has 2 aromatic rings. The summed E-state index contributed by atoms with van der Waals surface area (Å²) in [5.41, 5.74) is -0.0916. The van der Waals surface area contributed by atoms with Crippen LogP contribution in [0.5, 0.6) is 11.5 Å². The summed E-state index contributed by atoms with van der Waals surface area (Å²) in [6.07, 6.45) is -5.76. The van der Waals surface area contributed by atoms with E-state index in [1.165, 1.54) is 25.1 Å². The Morgan fingerprint density at radius 2 is 1.75 bits per heavy atom. The Morgan fingerprint density at radius 3 is 2.38 bits per heavy atom. The van der Waals surface area contributed by atoms with E-state index in [0.717, 1.165) is 10.5 Å². The Kier molecular flexibility index (Phi) is 5.71. The van der Waals surface area contributed by atoms with Crippen LogP contribution in [0, 0.1) is 0 Å². The molecule has 1 amide bonds. The topological polar surface area (TPSA) is 47.6 Å². The van der Waals surface area contributed by atoms with Crippen LogP contribution in [-0.2, 0) is 4.79 Å². The number of halogens is 4. The number of carbonyl (C=O) groups excluding carboxylic acids is 1. The van der Waals surface area contributed by atoms with Crippen molar-refractivity contribution in [2.45, 2.75) is 19.4 Å². The minimum absolute atomic E-state index is 0.0916. The molecule has 0 saturated heterocycles. The van der Waals surface area contributed by atoms with E-state index in [1.807, 2.05) is 0 Å². The highest BCUT2D eigenvalue weighted by atomic mass is 79.9. The number of alkyl halides is 3. The van der Waals surface area contributed by atoms with Crippen LogP contribution in [0.15, 0.2) is 53.0 Å². The zero-order chi connectivity index (χ0) is 17.7. The lowest BCUT2D eigenvalue weighted by Crippen LogP contribution is -2.30. The van der Waals surface area contributed by atoms with Gasteiger partial charge >= 0.3 is 6.36 Å². The van der Waals surface area contributed by atoms with E-state index in [2.05, 4.69) is 26.0 Å². The smallest absolute Gasteiger partial charge is 0.481 e. The molecule has 2 aromatic carbocycles. The number of hydrogen-bond acceptors (Lipinski definition) is 3. The molecule has 0 spiro atoms. The first kappa shape index (κ1) is 18.1. The second-order valence-corrected chi connectivity index (χ2v) is 5.66. The van der Waals surface area contributed by atoms with Gasteiger partial charge in [0, 0.05) is 4.47 Å². The van der Waals surface area contributed by atoms with Crippen molar-refractivity contribution < 1.29 is 27.4 Å². The Labute approximate surface area is 144 Å². The number of ether oxygens (including phenoxy) is 2. The summed E-state index contributed by atoms with van der Waals surface area (Å²) in [4.78, 5) is 12.1. The Morgan fingerprint density at radius 1 is 1.12 bits per heavy atom. The van der Waals surface area contributed by atoms with Crippen LogP contribution in [0.25, 0.3) is 0 Å². The third kappa shape index (κ3) is 5.45. The minimum Gasteiger partial charge on any atom is -0.481 e. The molecular weight excluding hydrogens is 391 g/mol. The van der Waals surface area contributed by atoms with Crippen molar-refractivity contribution in [2.75, 3.05) is 5.32 Å². The molecule has 0 aliphatic rings. The molecule has 0 aromatic heterocycles. The quantitative estimate of drug-likeness (QED) is 0.783. The average Bonchev–Trinajstić information content (AvgIpc) is 2.50. The van der Waals surface area contributed by atoms with E-state index in [1.54, 1.807) is 24.3 Å². The van der Waals surface area contributed by atoms with Gasteiger partial charge in [0.1, 0.15) is 5.75 Å². The van der Waals surface area contributed by atoms with Crippen molar-refractivity contribution in [3.8, 4) is 11.5 Å². The first-order valence-corrected chi connectivity index (χ1v) is 7.62. The normalized spacial score (nSPS) is 12.4. The van der Waals surface area contributed by atoms with Crippen molar-refractivity contribution in [1.82, 2.24) is 0 Å². The molecule has 1 unspecified atom stereocenters. The van der Waals surface area contributed by atoms with Crippen LogP contribution in [-0.4, -0.2) is 18.4 Å². The molecule has 0 saturated carbocycles. The van der Waals surface area contributed by atoms with Crippen molar-refractivity contribution in [3.05, 3.63) is 53.0 Å². The molecule has 0 aliphatic heterocycles. The second-order valence-electron chi connectivity index (χ2n) is 4.75. The average molecular weight is 404 g/mol. The first-order chi connectivity index (χ1) is 11.2. The van der Waals surface area contributed by atoms with Gasteiger partial charge in [-0.2, -0.15) is 0 Å². The van der Waals surface area contributed by atoms with Gasteiger partial charge in [-0.25, -0.2) is 0 Å². The van der Waals surface area contributed by atoms with Crippen LogP contribution in [0.2, 0.25) is 0 Å². The third-order valence-electron chi connectivity index (χ3n) is 2.87. The molecule has 128 valence electrons. The second kappa shape index (κ2) is 7.57. The van der Waals surface area contributed by atoms with Crippen molar-refractivity contribution in [3.63, 3.8) is 0 Å². The highest BCUT2D eigenvalue weighted by molar-refractivity contribution is 9.10. The Bertz CT molecular complexity index is 704. The molecule has 1 N–H and O–H groups in total. The number of nitrogens with one attached hydrogen (secondary N) is 1. The monoisotopic (exact) mass is 403 g/mol. The summed E-state index contributed by atoms with van der Waals surface area (Å²) in [5, 5.41) is 2.37. The maximum Gasteiger partial charge on any atom is 0.573 e. The molecule has 4 nitrogen and oxygen atoms in total. The summed E-state index contributed by atoms with van der Waals surface area (Å²) in [5.74, 6) is -0.633. The van der Waals surface area contributed by atoms with Crippen LogP contribution in [0.3, 0.4) is 0 Å². The zero-order valence-electron chi connectivity index (χ0n) is 12.4. The molecule has 0 heterocycles. The number of anilines is 1. The summed E-state index contributed by atoms with van der Waals surface area (Å²) < 4.78 is 47.3. The SMILES string of the molecule is CC(Oc1ccc(Br)cc1)C(=O)Nc1ccccc1OC(F)(F)F. The van der Waals surface area contributed by atoms with Gasteiger partial charge in [-0.05, 0) is 43.3 Å². The van der Waals surface area contributed by atoms with Gasteiger partial charge in [0.15, 0.2) is 11.9 Å². The van der Waals surface area contributed by atoms with Crippen LogP contribution < -0.4 is 14.8 Å². The third-order valence-corrected chi connectivity index (χ3v) is 3.40. The van der Waals surface area contributed by atoms with E-state index in [-0.39, 0.29) is 5.69 Å². The van der Waals surface area contributed by atoms with Gasteiger partial charge in [-0.15, -0.1) is 13.2 Å². The highest BCUT2D eigenvalue weighted by Crippen LogP contribution is 2.30. The lowest BCUT2D eigenvalue weighted by molar-refractivity contribution is -0.274. The van der Waals surface area contributed by atoms with E-state index in [9.17, 15) is 18.0 Å². The fourth-order valence-corrected chi connectivity index (χ4v) is 2.05. The number of hydrogen-bond donors (Lipinski definition) is 1. The number of rotatable bonds is 5. The maximum atomic E-state index is 12.4. The summed E-state index contributed by atoms with van der Waals surface area (Å²) in [6, 6.07) is 12.1. The van der Waals surface area contributed by atoms with E-state index < -0.39 is 24.1 Å². The number of amides is 1. The predicted molar refractivity (Wildman–Crippen MR) is 86.0 cm³/mol. The standard InChI is InChI=1S/C16H13BrF3NO3/c1-10(23-12-8-6-11(17)7-9-12)15(22)21-13-4-2-3-5-14(13)24-16(18,19)20/h2-10H,1H3,(H,21,22). The van der Waals surface area contributed by atoms with Gasteiger partial charge in [0.2, 0.25) is 0 Å². The number of carbonyl (C=O) groups is 1. The first-order valence-electron chi connectivity index (χ1n) is 6.82. The molecule has 0 bridgehead atoms. The predicted octanol–water partition coefficient (Wildman–Crippen LogP) is 4.75. The van der Waals surface area contributed by atoms with Gasteiger partial charge in [0.05, 0.1) is 5.69 Å². The molecule has 0 radical (unpaired) electrons. The molecule has 2 rings (SSSR count). The lowest BCUT2D eigenvalue weighted by atomic mass is 10.2. The Hall–Kier alpha value is -2.22. The maximum absolute atomic E-state index is 12.4. The number of benzene rings is 2. The molecule has 0 fully saturated rings. The van der Waals surface area contributed by atoms with Gasteiger partial charge in [0.25, 0.3) is 5.91 Å². The van der Waals surface area contributed by atoms with Crippen molar-refractivity contribution in [2.24, 2.45) is 0 Å². The summed E-state index contributed by atoms with van der Waals surface area (Å²) in [6.45, 7) is 1.49. The number of para-hydroxylation sites is 2. The lowest BCUT2D eigenvalue weighted by Gasteiger charge is -2.17. The molecular formula is C16H13BrF3NO3. The van der Waals surface area contributed by atoms with Crippen molar-refractivity contribution >= 4 is 27.5 Å². The van der Waals surface area contributed by atoms with Crippen LogP contribution in [0.1, 0.15) is 6.92 Å². The van der Waals surface area contributed by atoms with Gasteiger partial charge in [-0.3, -0.25) is 4.79 Å². The van der Waals surface area contributed by atoms with Crippen LogP contribution >= 0.6 is 15.9 Å².